The van der Waals surface area contributed by atoms with Gasteiger partial charge in [-0.15, -0.1) is 0 Å². The smallest absolute Gasteiger partial charge is 0.340 e. The fraction of sp³-hybridized carbons (Fsp3) is 0.375. The number of hydrogen-bond donors (Lipinski definition) is 1. The van der Waals surface area contributed by atoms with Gasteiger partial charge in [0.05, 0.1) is 22.6 Å². The average Bonchev–Trinajstić information content (AvgIpc) is 2.85. The monoisotopic (exact) mass is 322 g/mol. The summed E-state index contributed by atoms with van der Waals surface area (Å²) in [5, 5.41) is 9.24. The Morgan fingerprint density at radius 1 is 1.41 bits per heavy atom. The van der Waals surface area contributed by atoms with Gasteiger partial charge in [-0.3, -0.25) is 0 Å². The molecule has 0 fully saturated rings. The number of carbonyl (C=O) groups is 1. The van der Waals surface area contributed by atoms with Crippen molar-refractivity contribution < 1.29 is 14.6 Å². The van der Waals surface area contributed by atoms with Crippen molar-refractivity contribution in [1.82, 2.24) is 9.55 Å². The summed E-state index contributed by atoms with van der Waals surface area (Å²) >= 11 is 6.20. The number of aliphatic hydroxyl groups excluding tert-OH is 1. The quantitative estimate of drug-likeness (QED) is 0.879. The Bertz CT molecular complexity index is 674. The lowest BCUT2D eigenvalue weighted by atomic mass is 10.1. The van der Waals surface area contributed by atoms with Crippen molar-refractivity contribution in [3.63, 3.8) is 0 Å². The van der Waals surface area contributed by atoms with Crippen molar-refractivity contribution in [3.05, 3.63) is 47.0 Å². The lowest BCUT2D eigenvalue weighted by Crippen LogP contribution is -2.24. The molecule has 0 aliphatic carbocycles. The number of aromatic nitrogens is 2. The molecule has 0 unspecified atom stereocenters. The first-order chi connectivity index (χ1) is 10.3. The first-order valence-electron chi connectivity index (χ1n) is 6.97. The van der Waals surface area contributed by atoms with Gasteiger partial charge in [-0.2, -0.15) is 0 Å². The number of imidazole rings is 1. The first kappa shape index (κ1) is 16.5. The molecule has 5 nitrogen and oxygen atoms in total. The van der Waals surface area contributed by atoms with Crippen molar-refractivity contribution in [2.24, 2.45) is 0 Å². The number of hydrogen-bond acceptors (Lipinski definition) is 4. The molecule has 1 aromatic heterocycles. The lowest BCUT2D eigenvalue weighted by molar-refractivity contribution is 0.00698. The van der Waals surface area contributed by atoms with Crippen LogP contribution in [0.3, 0.4) is 0 Å². The van der Waals surface area contributed by atoms with Crippen LogP contribution in [0.5, 0.6) is 0 Å². The van der Waals surface area contributed by atoms with Crippen molar-refractivity contribution in [2.75, 3.05) is 6.61 Å². The number of nitrogens with zero attached hydrogens (tertiary/aromatic N) is 2. The lowest BCUT2D eigenvalue weighted by Gasteiger charge is -2.20. The molecule has 0 aliphatic rings. The molecule has 2 aromatic rings. The summed E-state index contributed by atoms with van der Waals surface area (Å²) in [6.45, 7) is 5.47. The minimum Gasteiger partial charge on any atom is -0.456 e. The number of halogens is 1. The third kappa shape index (κ3) is 4.08. The Hall–Kier alpha value is -1.85. The number of carbonyl (C=O) groups excluding carboxylic acids is 1. The van der Waals surface area contributed by atoms with Crippen molar-refractivity contribution in [1.29, 1.82) is 0 Å². The molecular weight excluding hydrogens is 304 g/mol. The van der Waals surface area contributed by atoms with Crippen molar-refractivity contribution in [3.8, 4) is 5.69 Å². The van der Waals surface area contributed by atoms with Crippen LogP contribution in [0.1, 0.15) is 36.8 Å². The predicted molar refractivity (Wildman–Crippen MR) is 84.5 cm³/mol. The summed E-state index contributed by atoms with van der Waals surface area (Å²) < 4.78 is 7.10. The SMILES string of the molecule is CC(C)(C)OC(=O)c1ccc(-n2cnc(CCO)c2)cc1Cl. The maximum atomic E-state index is 12.1. The van der Waals surface area contributed by atoms with Crippen molar-refractivity contribution >= 4 is 17.6 Å². The van der Waals surface area contributed by atoms with Crippen LogP contribution in [-0.2, 0) is 11.2 Å². The van der Waals surface area contributed by atoms with Gasteiger partial charge in [-0.05, 0) is 39.0 Å². The van der Waals surface area contributed by atoms with Gasteiger partial charge in [-0.25, -0.2) is 9.78 Å². The Labute approximate surface area is 134 Å². The van der Waals surface area contributed by atoms with Crippen LogP contribution in [-0.4, -0.2) is 32.8 Å². The van der Waals surface area contributed by atoms with E-state index in [0.717, 1.165) is 11.4 Å². The van der Waals surface area contributed by atoms with E-state index in [2.05, 4.69) is 4.98 Å². The Morgan fingerprint density at radius 3 is 2.73 bits per heavy atom. The highest BCUT2D eigenvalue weighted by atomic mass is 35.5. The Kier molecular flexibility index (Phi) is 4.88. The zero-order valence-electron chi connectivity index (χ0n) is 12.8. The zero-order valence-corrected chi connectivity index (χ0v) is 13.6. The highest BCUT2D eigenvalue weighted by Gasteiger charge is 2.20. The highest BCUT2D eigenvalue weighted by Crippen LogP contribution is 2.23. The molecule has 0 radical (unpaired) electrons. The third-order valence-electron chi connectivity index (χ3n) is 2.87. The summed E-state index contributed by atoms with van der Waals surface area (Å²) in [7, 11) is 0. The summed E-state index contributed by atoms with van der Waals surface area (Å²) in [6, 6.07) is 5.10. The van der Waals surface area contributed by atoms with Gasteiger partial charge in [0.1, 0.15) is 5.60 Å². The summed E-state index contributed by atoms with van der Waals surface area (Å²) in [5.74, 6) is -0.448. The highest BCUT2D eigenvalue weighted by molar-refractivity contribution is 6.33. The minimum atomic E-state index is -0.567. The van der Waals surface area contributed by atoms with E-state index in [-0.39, 0.29) is 6.61 Å². The standard InChI is InChI=1S/C16H19ClN2O3/c1-16(2,3)22-15(21)13-5-4-12(8-14(13)17)19-9-11(6-7-20)18-10-19/h4-5,8-10,20H,6-7H2,1-3H3. The second kappa shape index (κ2) is 6.50. The number of aliphatic hydroxyl groups is 1. The van der Waals surface area contributed by atoms with E-state index < -0.39 is 11.6 Å². The molecule has 0 saturated heterocycles. The number of rotatable bonds is 4. The van der Waals surface area contributed by atoms with E-state index in [0.29, 0.717) is 17.0 Å². The van der Waals surface area contributed by atoms with E-state index in [1.165, 1.54) is 0 Å². The average molecular weight is 323 g/mol. The first-order valence-corrected chi connectivity index (χ1v) is 7.35. The fourth-order valence-electron chi connectivity index (χ4n) is 1.91. The van der Waals surface area contributed by atoms with Gasteiger partial charge >= 0.3 is 5.97 Å². The number of benzene rings is 1. The van der Waals surface area contributed by atoms with E-state index >= 15 is 0 Å². The molecular formula is C16H19ClN2O3. The molecule has 0 spiro atoms. The predicted octanol–water partition coefficient (Wildman–Crippen LogP) is 3.02. The minimum absolute atomic E-state index is 0.0509. The van der Waals surface area contributed by atoms with Crippen LogP contribution in [0, 0.1) is 0 Å². The summed E-state index contributed by atoms with van der Waals surface area (Å²) in [4.78, 5) is 16.3. The van der Waals surface area contributed by atoms with E-state index in [1.807, 2.05) is 6.20 Å². The molecule has 0 atom stereocenters. The topological polar surface area (TPSA) is 64.4 Å². The Balaban J connectivity index is 2.23. The van der Waals surface area contributed by atoms with E-state index in [4.69, 9.17) is 21.4 Å². The van der Waals surface area contributed by atoms with Gasteiger partial charge in [0.15, 0.2) is 0 Å². The molecule has 1 N–H and O–H groups in total. The molecule has 1 aromatic carbocycles. The van der Waals surface area contributed by atoms with Crippen LogP contribution in [0.15, 0.2) is 30.7 Å². The van der Waals surface area contributed by atoms with Gasteiger partial charge in [0.2, 0.25) is 0 Å². The van der Waals surface area contributed by atoms with Gasteiger partial charge < -0.3 is 14.4 Å². The summed E-state index contributed by atoms with van der Waals surface area (Å²) in [6.07, 6.45) is 3.95. The maximum absolute atomic E-state index is 12.1. The molecule has 0 amide bonds. The van der Waals surface area contributed by atoms with Crippen LogP contribution in [0.4, 0.5) is 0 Å². The van der Waals surface area contributed by atoms with E-state index in [1.54, 1.807) is 49.9 Å². The maximum Gasteiger partial charge on any atom is 0.340 e. The van der Waals surface area contributed by atoms with Gasteiger partial charge in [-0.1, -0.05) is 11.6 Å². The third-order valence-corrected chi connectivity index (χ3v) is 3.19. The second-order valence-electron chi connectivity index (χ2n) is 5.91. The number of esters is 1. The normalized spacial score (nSPS) is 11.5. The largest absolute Gasteiger partial charge is 0.456 e. The van der Waals surface area contributed by atoms with Crippen LogP contribution < -0.4 is 0 Å². The van der Waals surface area contributed by atoms with E-state index in [9.17, 15) is 4.79 Å². The van der Waals surface area contributed by atoms with Gasteiger partial charge in [0, 0.05) is 24.9 Å². The molecule has 0 saturated carbocycles. The zero-order chi connectivity index (χ0) is 16.3. The van der Waals surface area contributed by atoms with Crippen molar-refractivity contribution in [2.45, 2.75) is 32.8 Å². The number of ether oxygens (including phenoxy) is 1. The molecule has 118 valence electrons. The second-order valence-corrected chi connectivity index (χ2v) is 6.32. The molecule has 2 rings (SSSR count). The molecule has 22 heavy (non-hydrogen) atoms. The van der Waals surface area contributed by atoms with Gasteiger partial charge in [0.25, 0.3) is 0 Å². The molecule has 6 heteroatoms. The van der Waals surface area contributed by atoms with Crippen LogP contribution >= 0.6 is 11.6 Å². The molecule has 1 heterocycles. The summed E-state index contributed by atoms with van der Waals surface area (Å²) in [5.41, 5.74) is 1.34. The van der Waals surface area contributed by atoms with Crippen LogP contribution in [0.2, 0.25) is 5.02 Å². The molecule has 0 bridgehead atoms. The van der Waals surface area contributed by atoms with Crippen LogP contribution in [0.25, 0.3) is 5.69 Å². The Morgan fingerprint density at radius 2 is 2.14 bits per heavy atom. The molecule has 0 aliphatic heterocycles. The fourth-order valence-corrected chi connectivity index (χ4v) is 2.16.